The Kier molecular flexibility index (Phi) is 6.70. The van der Waals surface area contributed by atoms with Crippen LogP contribution in [0.25, 0.3) is 0 Å². The quantitative estimate of drug-likeness (QED) is 0.554. The van der Waals surface area contributed by atoms with E-state index in [4.69, 9.17) is 0 Å². The number of hydrogen-bond acceptors (Lipinski definition) is 4. The van der Waals surface area contributed by atoms with Crippen LogP contribution in [0.4, 0.5) is 11.4 Å². The zero-order chi connectivity index (χ0) is 24.3. The topological polar surface area (TPSA) is 95.6 Å². The first-order valence-corrected chi connectivity index (χ1v) is 12.6. The van der Waals surface area contributed by atoms with Gasteiger partial charge in [0.05, 0.1) is 22.2 Å². The molecule has 3 aromatic carbocycles. The first-order valence-electron chi connectivity index (χ1n) is 11.1. The van der Waals surface area contributed by atoms with Crippen LogP contribution in [0.3, 0.4) is 0 Å². The average Bonchev–Trinajstić information content (AvgIpc) is 2.83. The van der Waals surface area contributed by atoms with Crippen molar-refractivity contribution in [2.75, 3.05) is 16.2 Å². The van der Waals surface area contributed by atoms with Crippen LogP contribution in [0, 0.1) is 0 Å². The maximum absolute atomic E-state index is 13.2. The Balaban J connectivity index is 1.57. The summed E-state index contributed by atoms with van der Waals surface area (Å²) in [6.45, 7) is 4.00. The number of carbonyl (C=O) groups excluding carboxylic acids is 2. The fourth-order valence-electron chi connectivity index (χ4n) is 4.14. The average molecular weight is 478 g/mol. The molecule has 0 saturated heterocycles. The number of fused-ring (bicyclic) bond motifs is 1. The normalized spacial score (nSPS) is 14.1. The van der Waals surface area contributed by atoms with E-state index in [0.717, 1.165) is 23.2 Å². The molecule has 8 heteroatoms. The van der Waals surface area contributed by atoms with Gasteiger partial charge in [-0.05, 0) is 61.2 Å². The third-order valence-electron chi connectivity index (χ3n) is 5.92. The van der Waals surface area contributed by atoms with Crippen molar-refractivity contribution in [1.29, 1.82) is 0 Å². The van der Waals surface area contributed by atoms with E-state index in [1.54, 1.807) is 41.3 Å². The fourth-order valence-corrected chi connectivity index (χ4v) is 5.27. The summed E-state index contributed by atoms with van der Waals surface area (Å²) >= 11 is 0. The highest BCUT2D eigenvalue weighted by Crippen LogP contribution is 2.30. The summed E-state index contributed by atoms with van der Waals surface area (Å²) in [4.78, 5) is 26.6. The van der Waals surface area contributed by atoms with Crippen molar-refractivity contribution < 1.29 is 18.0 Å². The van der Waals surface area contributed by atoms with Crippen molar-refractivity contribution in [2.24, 2.45) is 0 Å². The molecule has 7 nitrogen and oxygen atoms in total. The lowest BCUT2D eigenvalue weighted by molar-refractivity contribution is -0.116. The van der Waals surface area contributed by atoms with E-state index in [1.807, 2.05) is 37.3 Å². The third kappa shape index (κ3) is 4.97. The predicted octanol–water partition coefficient (Wildman–Crippen LogP) is 4.28. The van der Waals surface area contributed by atoms with Gasteiger partial charge in [0, 0.05) is 19.2 Å². The van der Waals surface area contributed by atoms with E-state index in [1.165, 1.54) is 13.0 Å². The molecule has 176 valence electrons. The highest BCUT2D eigenvalue weighted by Gasteiger charge is 2.24. The molecule has 0 radical (unpaired) electrons. The number of rotatable bonds is 6. The number of nitrogens with zero attached hydrogens (tertiary/aromatic N) is 1. The number of aryl methyl sites for hydroxylation is 1. The van der Waals surface area contributed by atoms with Crippen LogP contribution in [0.1, 0.15) is 47.8 Å². The van der Waals surface area contributed by atoms with Crippen LogP contribution in [-0.4, -0.2) is 26.8 Å². The lowest BCUT2D eigenvalue weighted by Gasteiger charge is -2.28. The standard InChI is InChI=1S/C26H27N3O4S/c1-18(20-9-4-3-5-10-20)27-26(31)23-12-6-7-13-24(23)28-34(32,33)22-14-15-25-21(17-22)11-8-16-29(25)19(2)30/h3-7,9-10,12-15,17-18,28H,8,11,16H2,1-2H3,(H,27,31)/t18-/m1/s1. The van der Waals surface area contributed by atoms with Gasteiger partial charge in [0.25, 0.3) is 15.9 Å². The molecular weight excluding hydrogens is 450 g/mol. The Morgan fingerprint density at radius 2 is 1.68 bits per heavy atom. The largest absolute Gasteiger partial charge is 0.345 e. The summed E-state index contributed by atoms with van der Waals surface area (Å²) in [5, 5.41) is 2.92. The number of benzene rings is 3. The molecule has 3 aromatic rings. The van der Waals surface area contributed by atoms with Crippen molar-refractivity contribution in [3.8, 4) is 0 Å². The highest BCUT2D eigenvalue weighted by molar-refractivity contribution is 7.92. The molecule has 34 heavy (non-hydrogen) atoms. The van der Waals surface area contributed by atoms with Gasteiger partial charge in [-0.15, -0.1) is 0 Å². The predicted molar refractivity (Wildman–Crippen MR) is 132 cm³/mol. The van der Waals surface area contributed by atoms with Crippen LogP contribution in [0.2, 0.25) is 0 Å². The van der Waals surface area contributed by atoms with E-state index in [-0.39, 0.29) is 34.0 Å². The molecule has 0 spiro atoms. The molecule has 2 amide bonds. The van der Waals surface area contributed by atoms with Gasteiger partial charge in [-0.25, -0.2) is 8.42 Å². The summed E-state index contributed by atoms with van der Waals surface area (Å²) in [5.74, 6) is -0.448. The minimum Gasteiger partial charge on any atom is -0.345 e. The molecule has 0 aromatic heterocycles. The lowest BCUT2D eigenvalue weighted by Crippen LogP contribution is -2.33. The maximum atomic E-state index is 13.2. The fraction of sp³-hybridized carbons (Fsp3) is 0.231. The zero-order valence-corrected chi connectivity index (χ0v) is 19.9. The number of hydrogen-bond donors (Lipinski definition) is 2. The SMILES string of the molecule is CC(=O)N1CCCc2cc(S(=O)(=O)Nc3ccccc3C(=O)N[C@H](C)c3ccccc3)ccc21. The smallest absolute Gasteiger partial charge is 0.261 e. The molecule has 1 atom stereocenters. The summed E-state index contributed by atoms with van der Waals surface area (Å²) in [5.41, 5.74) is 2.93. The molecular formula is C26H27N3O4S. The van der Waals surface area contributed by atoms with Crippen LogP contribution < -0.4 is 14.9 Å². The van der Waals surface area contributed by atoms with Crippen molar-refractivity contribution in [1.82, 2.24) is 5.32 Å². The van der Waals surface area contributed by atoms with Crippen LogP contribution in [-0.2, 0) is 21.2 Å². The van der Waals surface area contributed by atoms with Gasteiger partial charge in [0.1, 0.15) is 0 Å². The molecule has 1 aliphatic heterocycles. The third-order valence-corrected chi connectivity index (χ3v) is 7.29. The van der Waals surface area contributed by atoms with Crippen molar-refractivity contribution in [3.63, 3.8) is 0 Å². The molecule has 1 aliphatic rings. The zero-order valence-electron chi connectivity index (χ0n) is 19.1. The summed E-state index contributed by atoms with van der Waals surface area (Å²) in [6.07, 6.45) is 1.46. The van der Waals surface area contributed by atoms with Gasteiger partial charge in [-0.1, -0.05) is 42.5 Å². The van der Waals surface area contributed by atoms with Gasteiger partial charge in [-0.2, -0.15) is 0 Å². The number of para-hydroxylation sites is 1. The molecule has 2 N–H and O–H groups in total. The molecule has 4 rings (SSSR count). The second kappa shape index (κ2) is 9.69. The molecule has 1 heterocycles. The Morgan fingerprint density at radius 3 is 2.41 bits per heavy atom. The van der Waals surface area contributed by atoms with Crippen LogP contribution in [0.5, 0.6) is 0 Å². The Hall–Kier alpha value is -3.65. The van der Waals surface area contributed by atoms with Gasteiger partial charge in [-0.3, -0.25) is 14.3 Å². The van der Waals surface area contributed by atoms with Gasteiger partial charge in [0.15, 0.2) is 0 Å². The first-order chi connectivity index (χ1) is 16.3. The maximum Gasteiger partial charge on any atom is 0.261 e. The molecule has 0 saturated carbocycles. The van der Waals surface area contributed by atoms with E-state index in [9.17, 15) is 18.0 Å². The number of anilines is 2. The summed E-state index contributed by atoms with van der Waals surface area (Å²) in [7, 11) is -3.95. The number of carbonyl (C=O) groups is 2. The van der Waals surface area contributed by atoms with Crippen molar-refractivity contribution in [2.45, 2.75) is 37.6 Å². The van der Waals surface area contributed by atoms with Gasteiger partial charge in [0.2, 0.25) is 5.91 Å². The molecule has 0 aliphatic carbocycles. The van der Waals surface area contributed by atoms with Crippen molar-refractivity contribution >= 4 is 33.2 Å². The lowest BCUT2D eigenvalue weighted by atomic mass is 10.0. The highest BCUT2D eigenvalue weighted by atomic mass is 32.2. The monoisotopic (exact) mass is 477 g/mol. The molecule has 0 bridgehead atoms. The number of nitrogens with one attached hydrogen (secondary N) is 2. The minimum absolute atomic E-state index is 0.0700. The number of sulfonamides is 1. The number of amides is 2. The van der Waals surface area contributed by atoms with E-state index in [0.29, 0.717) is 13.0 Å². The molecule has 0 unspecified atom stereocenters. The van der Waals surface area contributed by atoms with Gasteiger partial charge >= 0.3 is 0 Å². The second-order valence-corrected chi connectivity index (χ2v) is 10.0. The summed E-state index contributed by atoms with van der Waals surface area (Å²) in [6, 6.07) is 20.6. The van der Waals surface area contributed by atoms with Crippen LogP contribution in [0.15, 0.2) is 77.7 Å². The van der Waals surface area contributed by atoms with Crippen molar-refractivity contribution in [3.05, 3.63) is 89.5 Å². The van der Waals surface area contributed by atoms with E-state index >= 15 is 0 Å². The van der Waals surface area contributed by atoms with E-state index < -0.39 is 10.0 Å². The molecule has 0 fully saturated rings. The van der Waals surface area contributed by atoms with Gasteiger partial charge < -0.3 is 10.2 Å². The Morgan fingerprint density at radius 1 is 0.971 bits per heavy atom. The van der Waals surface area contributed by atoms with E-state index in [2.05, 4.69) is 10.0 Å². The second-order valence-electron chi connectivity index (χ2n) is 8.32. The summed E-state index contributed by atoms with van der Waals surface area (Å²) < 4.78 is 29.0. The Labute approximate surface area is 199 Å². The van der Waals surface area contributed by atoms with Crippen LogP contribution >= 0.6 is 0 Å². The first kappa shape index (κ1) is 23.5. The Bertz CT molecular complexity index is 1320. The minimum atomic E-state index is -3.95.